The van der Waals surface area contributed by atoms with Crippen molar-refractivity contribution in [3.63, 3.8) is 0 Å². The van der Waals surface area contributed by atoms with Gasteiger partial charge in [-0.25, -0.2) is 0 Å². The molecule has 0 saturated heterocycles. The average molecular weight is 583 g/mol. The van der Waals surface area contributed by atoms with Gasteiger partial charge in [0.05, 0.1) is 0 Å². The lowest BCUT2D eigenvalue weighted by atomic mass is 9.88. The molecule has 0 unspecified atom stereocenters. The van der Waals surface area contributed by atoms with Gasteiger partial charge in [-0.1, -0.05) is 146 Å². The molecule has 9 aromatic carbocycles. The van der Waals surface area contributed by atoms with Crippen molar-refractivity contribution in [2.45, 2.75) is 0 Å². The molecule has 0 fully saturated rings. The zero-order valence-electron chi connectivity index (χ0n) is 25.3. The smallest absolute Gasteiger partial charge is 0.00928 e. The summed E-state index contributed by atoms with van der Waals surface area (Å²) in [6.07, 6.45) is 0. The molecule has 0 heterocycles. The molecule has 214 valence electrons. The monoisotopic (exact) mass is 582 g/mol. The van der Waals surface area contributed by atoms with Crippen LogP contribution >= 0.6 is 0 Å². The Balaban J connectivity index is 1.35. The summed E-state index contributed by atoms with van der Waals surface area (Å²) in [6.45, 7) is 0. The molecule has 0 atom stereocenters. The van der Waals surface area contributed by atoms with Crippen molar-refractivity contribution >= 4 is 43.1 Å². The second kappa shape index (κ2) is 10.9. The number of benzene rings is 9. The van der Waals surface area contributed by atoms with Crippen LogP contribution in [0.15, 0.2) is 182 Å². The third-order valence-corrected chi connectivity index (χ3v) is 9.40. The van der Waals surface area contributed by atoms with Crippen LogP contribution in [0.3, 0.4) is 0 Å². The lowest BCUT2D eigenvalue weighted by molar-refractivity contribution is 1.63. The van der Waals surface area contributed by atoms with E-state index in [0.29, 0.717) is 0 Å². The number of rotatable bonds is 4. The van der Waals surface area contributed by atoms with Crippen molar-refractivity contribution in [2.24, 2.45) is 0 Å². The van der Waals surface area contributed by atoms with E-state index in [1.54, 1.807) is 0 Å². The summed E-state index contributed by atoms with van der Waals surface area (Å²) in [6, 6.07) is 66.6. The molecule has 9 rings (SSSR count). The first-order valence-corrected chi connectivity index (χ1v) is 15.9. The molecule has 46 heavy (non-hydrogen) atoms. The zero-order chi connectivity index (χ0) is 30.5. The van der Waals surface area contributed by atoms with E-state index < -0.39 is 0 Å². The molecule has 0 amide bonds. The standard InChI is InChI=1S/C46H30/c1-5-13-31(14-6-1)39-21-22-40(32-15-7-2-8-16-32)44-28-36-26-38-30-46-42(34-19-11-4-12-20-34)24-23-41(33-17-9-3-10-18-33)45(46)29-37(38)25-35(36)27-43(39)44/h1-30H. The molecule has 0 spiro atoms. The van der Waals surface area contributed by atoms with Gasteiger partial charge in [0, 0.05) is 0 Å². The van der Waals surface area contributed by atoms with Crippen molar-refractivity contribution in [1.82, 2.24) is 0 Å². The highest BCUT2D eigenvalue weighted by Crippen LogP contribution is 2.41. The molecule has 0 saturated carbocycles. The Bertz CT molecular complexity index is 2170. The Morgan fingerprint density at radius 2 is 0.413 bits per heavy atom. The molecule has 0 aliphatic carbocycles. The first kappa shape index (κ1) is 26.4. The Kier molecular flexibility index (Phi) is 6.25. The van der Waals surface area contributed by atoms with Crippen LogP contribution < -0.4 is 0 Å². The summed E-state index contributed by atoms with van der Waals surface area (Å²) in [5, 5.41) is 10.1. The highest BCUT2D eigenvalue weighted by Gasteiger charge is 2.14. The molecule has 0 bridgehead atoms. The highest BCUT2D eigenvalue weighted by molar-refractivity contribution is 6.16. The Morgan fingerprint density at radius 3 is 0.630 bits per heavy atom. The highest BCUT2D eigenvalue weighted by atomic mass is 14.2. The normalized spacial score (nSPS) is 11.5. The lowest BCUT2D eigenvalue weighted by Crippen LogP contribution is -1.89. The fraction of sp³-hybridized carbons (Fsp3) is 0. The van der Waals surface area contributed by atoms with E-state index >= 15 is 0 Å². The largest absolute Gasteiger partial charge is 0.0622 e. The lowest BCUT2D eigenvalue weighted by Gasteiger charge is -2.16. The van der Waals surface area contributed by atoms with Gasteiger partial charge in [0.25, 0.3) is 0 Å². The van der Waals surface area contributed by atoms with E-state index in [1.165, 1.54) is 87.6 Å². The maximum absolute atomic E-state index is 2.40. The average Bonchev–Trinajstić information content (AvgIpc) is 3.13. The van der Waals surface area contributed by atoms with E-state index in [-0.39, 0.29) is 0 Å². The van der Waals surface area contributed by atoms with Crippen molar-refractivity contribution in [3.8, 4) is 44.5 Å². The maximum atomic E-state index is 2.40. The van der Waals surface area contributed by atoms with Crippen LogP contribution in [0.5, 0.6) is 0 Å². The summed E-state index contributed by atoms with van der Waals surface area (Å²) in [7, 11) is 0. The van der Waals surface area contributed by atoms with E-state index in [9.17, 15) is 0 Å². The van der Waals surface area contributed by atoms with Crippen LogP contribution in [0.4, 0.5) is 0 Å². The Labute approximate surface area is 268 Å². The van der Waals surface area contributed by atoms with Crippen LogP contribution in [-0.2, 0) is 0 Å². The van der Waals surface area contributed by atoms with Crippen molar-refractivity contribution in [2.75, 3.05) is 0 Å². The predicted octanol–water partition coefficient (Wildman–Crippen LogP) is 13.0. The Hall–Kier alpha value is -5.98. The number of hydrogen-bond acceptors (Lipinski definition) is 0. The molecule has 0 N–H and O–H groups in total. The minimum Gasteiger partial charge on any atom is -0.0622 e. The van der Waals surface area contributed by atoms with Gasteiger partial charge in [0.15, 0.2) is 0 Å². The molecule has 0 aliphatic rings. The van der Waals surface area contributed by atoms with E-state index in [1.807, 2.05) is 0 Å². The van der Waals surface area contributed by atoms with Crippen molar-refractivity contribution < 1.29 is 0 Å². The molecule has 9 aromatic rings. The maximum Gasteiger partial charge on any atom is -0.00928 e. The zero-order valence-corrected chi connectivity index (χ0v) is 25.3. The quantitative estimate of drug-likeness (QED) is 0.181. The minimum atomic E-state index is 1.24. The predicted molar refractivity (Wildman–Crippen MR) is 198 cm³/mol. The van der Waals surface area contributed by atoms with E-state index in [4.69, 9.17) is 0 Å². The van der Waals surface area contributed by atoms with Gasteiger partial charge in [-0.05, 0) is 124 Å². The molecular formula is C46H30. The second-order valence-electron chi connectivity index (χ2n) is 12.1. The van der Waals surface area contributed by atoms with Crippen LogP contribution in [0.25, 0.3) is 87.6 Å². The number of hydrogen-bond donors (Lipinski definition) is 0. The van der Waals surface area contributed by atoms with Gasteiger partial charge in [-0.2, -0.15) is 0 Å². The molecule has 0 radical (unpaired) electrons. The molecule has 0 aliphatic heterocycles. The summed E-state index contributed by atoms with van der Waals surface area (Å²) in [5.74, 6) is 0. The second-order valence-corrected chi connectivity index (χ2v) is 12.1. The van der Waals surface area contributed by atoms with Crippen molar-refractivity contribution in [3.05, 3.63) is 182 Å². The van der Waals surface area contributed by atoms with Gasteiger partial charge >= 0.3 is 0 Å². The molecule has 0 aromatic heterocycles. The fourth-order valence-corrected chi connectivity index (χ4v) is 7.16. The van der Waals surface area contributed by atoms with Gasteiger partial charge in [-0.3, -0.25) is 0 Å². The summed E-state index contributed by atoms with van der Waals surface area (Å²) < 4.78 is 0. The van der Waals surface area contributed by atoms with Gasteiger partial charge in [-0.15, -0.1) is 0 Å². The van der Waals surface area contributed by atoms with Gasteiger partial charge < -0.3 is 0 Å². The molecular weight excluding hydrogens is 553 g/mol. The van der Waals surface area contributed by atoms with Crippen LogP contribution in [0.1, 0.15) is 0 Å². The van der Waals surface area contributed by atoms with Crippen molar-refractivity contribution in [1.29, 1.82) is 0 Å². The fourth-order valence-electron chi connectivity index (χ4n) is 7.16. The third kappa shape index (κ3) is 4.47. The number of fused-ring (bicyclic) bond motifs is 4. The molecule has 0 heteroatoms. The van der Waals surface area contributed by atoms with E-state index in [0.717, 1.165) is 0 Å². The first-order valence-electron chi connectivity index (χ1n) is 15.9. The minimum absolute atomic E-state index is 1.24. The van der Waals surface area contributed by atoms with Gasteiger partial charge in [0.2, 0.25) is 0 Å². The first-order chi connectivity index (χ1) is 22.8. The third-order valence-electron chi connectivity index (χ3n) is 9.40. The SMILES string of the molecule is c1ccc(-c2ccc(-c3ccccc3)c3cc4cc5cc6c(-c7ccccc7)ccc(-c7ccccc7)c6cc5cc4cc23)cc1. The van der Waals surface area contributed by atoms with Gasteiger partial charge in [0.1, 0.15) is 0 Å². The summed E-state index contributed by atoms with van der Waals surface area (Å²) in [5.41, 5.74) is 9.98. The summed E-state index contributed by atoms with van der Waals surface area (Å²) >= 11 is 0. The summed E-state index contributed by atoms with van der Waals surface area (Å²) in [4.78, 5) is 0. The van der Waals surface area contributed by atoms with Crippen LogP contribution in [0, 0.1) is 0 Å². The molecule has 0 nitrogen and oxygen atoms in total. The van der Waals surface area contributed by atoms with Crippen LogP contribution in [-0.4, -0.2) is 0 Å². The van der Waals surface area contributed by atoms with E-state index in [2.05, 4.69) is 182 Å². The topological polar surface area (TPSA) is 0 Å². The Morgan fingerprint density at radius 1 is 0.196 bits per heavy atom. The van der Waals surface area contributed by atoms with Crippen LogP contribution in [0.2, 0.25) is 0 Å².